The number of aliphatic hydroxyl groups excluding tert-OH is 6. The Labute approximate surface area is 396 Å². The highest BCUT2D eigenvalue weighted by molar-refractivity contribution is 7.86. The molecule has 0 saturated carbocycles. The SMILES string of the molecule is CCCCCCCCCCCCCCCCCCN(C)CCC[Si](OCC(CO)(CO)NCCS(=O)(=O)O)(OCC(CO)(CO)NCCS(=O)(=O)O)OCC(CO)(CO)NCCS(=O)(=O)O. The molecule has 0 aromatic carbocycles. The molecule has 0 heterocycles. The third kappa shape index (κ3) is 32.3. The van der Waals surface area contributed by atoms with Crippen LogP contribution in [0, 0.1) is 0 Å². The Bertz CT molecular complexity index is 1400. The topological polar surface area (TPSA) is 352 Å². The van der Waals surface area contributed by atoms with Crippen molar-refractivity contribution in [1.82, 2.24) is 20.9 Å². The summed E-state index contributed by atoms with van der Waals surface area (Å²) in [6, 6.07) is -0.0653. The molecule has 0 bridgehead atoms. The summed E-state index contributed by atoms with van der Waals surface area (Å²) in [4.78, 5) is 2.08. The summed E-state index contributed by atoms with van der Waals surface area (Å²) in [6.45, 7) is -4.90. The Hall–Kier alpha value is -0.573. The first-order valence-corrected chi connectivity index (χ1v) is 30.2. The van der Waals surface area contributed by atoms with E-state index < -0.39 is 152 Å². The molecule has 0 rings (SSSR count). The van der Waals surface area contributed by atoms with E-state index in [1.54, 1.807) is 0 Å². The van der Waals surface area contributed by atoms with Crippen LogP contribution in [0.3, 0.4) is 0 Å². The highest BCUT2D eigenvalue weighted by atomic mass is 32.2. The van der Waals surface area contributed by atoms with E-state index in [4.69, 9.17) is 13.3 Å². The van der Waals surface area contributed by atoms with Gasteiger partial charge in [0.15, 0.2) is 0 Å². The highest BCUT2D eigenvalue weighted by Crippen LogP contribution is 2.25. The molecule has 0 saturated heterocycles. The lowest BCUT2D eigenvalue weighted by atomic mass is 10.0. The Morgan fingerprint density at radius 3 is 0.955 bits per heavy atom. The van der Waals surface area contributed by atoms with Gasteiger partial charge in [-0.15, -0.1) is 0 Å². The van der Waals surface area contributed by atoms with E-state index >= 15 is 0 Å². The number of unbranched alkanes of at least 4 members (excludes halogenated alkanes) is 15. The van der Waals surface area contributed by atoms with E-state index in [-0.39, 0.29) is 6.04 Å². The standard InChI is InChI=1S/C40H88N4O18S3Si/c1-3-4-5-6-7-8-9-10-11-12-13-14-15-16-17-18-23-44(2)24-19-28-66(60-35-38(29-45,30-46)41-20-25-63(51,52)53,61-36-39(31-47,32-48)42-21-26-64(54,55)56)62-37-40(33-49,34-50)43-22-27-65(57,58)59/h41-43,45-50H,3-37H2,1-2H3,(H,51,52,53)(H,54,55,56)(H,57,58,59). The zero-order valence-electron chi connectivity index (χ0n) is 39.6. The Balaban J connectivity index is 6.16. The number of hydrogen-bond donors (Lipinski definition) is 12. The van der Waals surface area contributed by atoms with Gasteiger partial charge in [-0.1, -0.05) is 103 Å². The molecule has 26 heteroatoms. The van der Waals surface area contributed by atoms with Crippen molar-refractivity contribution in [1.29, 1.82) is 0 Å². The van der Waals surface area contributed by atoms with Gasteiger partial charge >= 0.3 is 8.80 Å². The monoisotopic (exact) mass is 1040 g/mol. The Morgan fingerprint density at radius 2 is 0.697 bits per heavy atom. The average molecular weight is 1040 g/mol. The Morgan fingerprint density at radius 1 is 0.439 bits per heavy atom. The lowest BCUT2D eigenvalue weighted by Crippen LogP contribution is -2.64. The van der Waals surface area contributed by atoms with Crippen LogP contribution in [-0.2, 0) is 43.6 Å². The van der Waals surface area contributed by atoms with Crippen LogP contribution in [0.25, 0.3) is 0 Å². The summed E-state index contributed by atoms with van der Waals surface area (Å²) in [7, 11) is -15.9. The van der Waals surface area contributed by atoms with Crippen LogP contribution >= 0.6 is 0 Å². The van der Waals surface area contributed by atoms with Crippen molar-refractivity contribution in [3.05, 3.63) is 0 Å². The van der Waals surface area contributed by atoms with Crippen LogP contribution < -0.4 is 16.0 Å². The first-order valence-electron chi connectivity index (χ1n) is 23.4. The maximum Gasteiger partial charge on any atom is 0.501 e. The second-order valence-electron chi connectivity index (χ2n) is 17.7. The molecule has 0 aliphatic rings. The van der Waals surface area contributed by atoms with Gasteiger partial charge in [0.1, 0.15) is 0 Å². The van der Waals surface area contributed by atoms with Crippen LogP contribution in [-0.4, -0.2) is 216 Å². The lowest BCUT2D eigenvalue weighted by molar-refractivity contribution is -0.0370. The summed E-state index contributed by atoms with van der Waals surface area (Å²) in [5.41, 5.74) is -5.34. The summed E-state index contributed by atoms with van der Waals surface area (Å²) in [6.07, 6.45) is 20.2. The van der Waals surface area contributed by atoms with E-state index in [1.807, 2.05) is 7.05 Å². The maximum absolute atomic E-state index is 11.5. The van der Waals surface area contributed by atoms with Crippen molar-refractivity contribution in [3.8, 4) is 0 Å². The largest absolute Gasteiger partial charge is 0.501 e. The molecule has 0 unspecified atom stereocenters. The number of rotatable bonds is 48. The third-order valence-corrected chi connectivity index (χ3v) is 16.4. The predicted molar refractivity (Wildman–Crippen MR) is 254 cm³/mol. The molecule has 0 radical (unpaired) electrons. The van der Waals surface area contributed by atoms with E-state index in [9.17, 15) is 69.6 Å². The molecule has 0 atom stereocenters. The minimum Gasteiger partial charge on any atom is -0.394 e. The molecule has 0 spiro atoms. The van der Waals surface area contributed by atoms with Gasteiger partial charge < -0.3 is 64.8 Å². The third-order valence-electron chi connectivity index (χ3n) is 11.5. The summed E-state index contributed by atoms with van der Waals surface area (Å²) in [5, 5.41) is 70.4. The van der Waals surface area contributed by atoms with Gasteiger partial charge in [-0.2, -0.15) is 25.3 Å². The first kappa shape index (κ1) is 65.4. The van der Waals surface area contributed by atoms with Gasteiger partial charge in [-0.05, 0) is 33.0 Å². The molecule has 0 aromatic rings. The van der Waals surface area contributed by atoms with Crippen LogP contribution in [0.4, 0.5) is 0 Å². The molecule has 0 aromatic heterocycles. The van der Waals surface area contributed by atoms with Crippen LogP contribution in [0.15, 0.2) is 0 Å². The van der Waals surface area contributed by atoms with Crippen LogP contribution in [0.5, 0.6) is 0 Å². The van der Waals surface area contributed by atoms with Crippen molar-refractivity contribution < 1.29 is 82.8 Å². The van der Waals surface area contributed by atoms with Gasteiger partial charge in [0.25, 0.3) is 30.4 Å². The van der Waals surface area contributed by atoms with Crippen LogP contribution in [0.1, 0.15) is 116 Å². The fourth-order valence-electron chi connectivity index (χ4n) is 6.94. The average Bonchev–Trinajstić information content (AvgIpc) is 3.26. The molecular weight excluding hydrogens is 949 g/mol. The minimum absolute atomic E-state index is 0.0653. The predicted octanol–water partition coefficient (Wildman–Crippen LogP) is 0.161. The van der Waals surface area contributed by atoms with Gasteiger partial charge in [-0.3, -0.25) is 13.7 Å². The van der Waals surface area contributed by atoms with Crippen molar-refractivity contribution in [3.63, 3.8) is 0 Å². The zero-order chi connectivity index (χ0) is 50.1. The molecular formula is C40H88N4O18S3Si. The number of nitrogens with one attached hydrogen (secondary N) is 3. The Kier molecular flexibility index (Phi) is 35.2. The van der Waals surface area contributed by atoms with Crippen molar-refractivity contribution in [2.75, 3.05) is 116 Å². The van der Waals surface area contributed by atoms with E-state index in [0.29, 0.717) is 13.0 Å². The maximum atomic E-state index is 11.5. The fraction of sp³-hybridized carbons (Fsp3) is 1.00. The summed E-state index contributed by atoms with van der Waals surface area (Å²) in [5.74, 6) is -2.40. The van der Waals surface area contributed by atoms with Crippen molar-refractivity contribution in [2.24, 2.45) is 0 Å². The van der Waals surface area contributed by atoms with Gasteiger partial charge in [0.05, 0.1) is 93.3 Å². The first-order chi connectivity index (χ1) is 31.1. The smallest absolute Gasteiger partial charge is 0.394 e. The lowest BCUT2D eigenvalue weighted by Gasteiger charge is -2.41. The summed E-state index contributed by atoms with van der Waals surface area (Å²) >= 11 is 0. The minimum atomic E-state index is -4.47. The van der Waals surface area contributed by atoms with Crippen LogP contribution in [0.2, 0.25) is 6.04 Å². The molecule has 22 nitrogen and oxygen atoms in total. The molecule has 0 fully saturated rings. The number of nitrogens with zero attached hydrogens (tertiary/aromatic N) is 1. The van der Waals surface area contributed by atoms with Gasteiger partial charge in [0.2, 0.25) is 0 Å². The molecule has 0 aliphatic heterocycles. The normalized spacial score (nSPS) is 13.6. The van der Waals surface area contributed by atoms with Crippen molar-refractivity contribution >= 4 is 39.2 Å². The zero-order valence-corrected chi connectivity index (χ0v) is 43.1. The molecule has 0 aliphatic carbocycles. The van der Waals surface area contributed by atoms with E-state index in [1.165, 1.54) is 77.0 Å². The molecule has 398 valence electrons. The second-order valence-corrected chi connectivity index (χ2v) is 25.1. The quantitative estimate of drug-likeness (QED) is 0.0219. The molecule has 0 amide bonds. The van der Waals surface area contributed by atoms with E-state index in [2.05, 4.69) is 27.8 Å². The van der Waals surface area contributed by atoms with Gasteiger partial charge in [-0.25, -0.2) is 0 Å². The van der Waals surface area contributed by atoms with Crippen molar-refractivity contribution in [2.45, 2.75) is 139 Å². The second kappa shape index (κ2) is 35.5. The van der Waals surface area contributed by atoms with Gasteiger partial charge in [0, 0.05) is 25.7 Å². The number of hydrogen-bond acceptors (Lipinski definition) is 19. The fourth-order valence-corrected chi connectivity index (χ4v) is 10.8. The molecule has 12 N–H and O–H groups in total. The molecule has 66 heavy (non-hydrogen) atoms. The highest BCUT2D eigenvalue weighted by Gasteiger charge is 2.48. The summed E-state index contributed by atoms with van der Waals surface area (Å²) < 4.78 is 116. The number of aliphatic hydroxyl groups is 6. The van der Waals surface area contributed by atoms with E-state index in [0.717, 1.165) is 32.2 Å².